The van der Waals surface area contributed by atoms with Gasteiger partial charge in [0.2, 0.25) is 0 Å². The molecule has 0 spiro atoms. The monoisotopic (exact) mass is 296 g/mol. The van der Waals surface area contributed by atoms with Crippen molar-refractivity contribution in [3.63, 3.8) is 0 Å². The Hall–Kier alpha value is -2.84. The summed E-state index contributed by atoms with van der Waals surface area (Å²) >= 11 is 0. The van der Waals surface area contributed by atoms with Crippen LogP contribution in [0.25, 0.3) is 0 Å². The molecule has 1 heterocycles. The molecule has 0 N–H and O–H groups in total. The van der Waals surface area contributed by atoms with Crippen LogP contribution in [0, 0.1) is 10.1 Å². The number of benzene rings is 1. The lowest BCUT2D eigenvalue weighted by molar-refractivity contribution is -0.384. The molecule has 0 unspecified atom stereocenters. The fourth-order valence-electron chi connectivity index (χ4n) is 1.63. The molecule has 1 saturated heterocycles. The van der Waals surface area contributed by atoms with Crippen molar-refractivity contribution in [2.24, 2.45) is 0 Å². The normalized spacial score (nSPS) is 13.7. The van der Waals surface area contributed by atoms with Crippen molar-refractivity contribution in [3.05, 3.63) is 34.4 Å². The minimum absolute atomic E-state index is 0.0269. The van der Waals surface area contributed by atoms with Gasteiger partial charge in [-0.2, -0.15) is 0 Å². The van der Waals surface area contributed by atoms with Crippen LogP contribution in [0.15, 0.2) is 24.3 Å². The van der Waals surface area contributed by atoms with Crippen LogP contribution in [0.2, 0.25) is 0 Å². The average Bonchev–Trinajstić information content (AvgIpc) is 2.85. The molecule has 0 saturated carbocycles. The SMILES string of the molecule is O=C(OCCN1CCOC1=O)Oc1ccc([N+](=O)[O-])cc1. The first-order valence-electron chi connectivity index (χ1n) is 6.07. The van der Waals surface area contributed by atoms with Gasteiger partial charge in [-0.15, -0.1) is 0 Å². The number of rotatable bonds is 5. The summed E-state index contributed by atoms with van der Waals surface area (Å²) in [6.07, 6.45) is -1.39. The Balaban J connectivity index is 1.74. The quantitative estimate of drug-likeness (QED) is 0.351. The maximum absolute atomic E-state index is 11.4. The summed E-state index contributed by atoms with van der Waals surface area (Å²) < 4.78 is 14.3. The van der Waals surface area contributed by atoms with Gasteiger partial charge in [-0.25, -0.2) is 9.59 Å². The summed E-state index contributed by atoms with van der Waals surface area (Å²) in [5.74, 6) is 0.131. The first-order valence-corrected chi connectivity index (χ1v) is 6.07. The Labute approximate surface area is 119 Å². The lowest BCUT2D eigenvalue weighted by Gasteiger charge is -2.12. The van der Waals surface area contributed by atoms with E-state index < -0.39 is 17.2 Å². The summed E-state index contributed by atoms with van der Waals surface area (Å²) in [5, 5.41) is 10.5. The molecule has 0 aromatic heterocycles. The van der Waals surface area contributed by atoms with Crippen LogP contribution < -0.4 is 4.74 Å². The molecule has 0 radical (unpaired) electrons. The number of carbonyl (C=O) groups excluding carboxylic acids is 2. The second-order valence-corrected chi connectivity index (χ2v) is 4.05. The Bertz CT molecular complexity index is 543. The number of ether oxygens (including phenoxy) is 3. The van der Waals surface area contributed by atoms with E-state index in [0.29, 0.717) is 13.2 Å². The van der Waals surface area contributed by atoms with Gasteiger partial charge in [0, 0.05) is 12.1 Å². The highest BCUT2D eigenvalue weighted by atomic mass is 16.7. The molecule has 0 atom stereocenters. The smallest absolute Gasteiger partial charge is 0.448 e. The van der Waals surface area contributed by atoms with E-state index >= 15 is 0 Å². The molecule has 1 amide bonds. The fraction of sp³-hybridized carbons (Fsp3) is 0.333. The van der Waals surface area contributed by atoms with E-state index in [2.05, 4.69) is 0 Å². The highest BCUT2D eigenvalue weighted by Crippen LogP contribution is 2.17. The van der Waals surface area contributed by atoms with Crippen molar-refractivity contribution in [2.75, 3.05) is 26.3 Å². The van der Waals surface area contributed by atoms with Gasteiger partial charge in [0.15, 0.2) is 0 Å². The Morgan fingerprint density at radius 1 is 1.38 bits per heavy atom. The van der Waals surface area contributed by atoms with E-state index in [1.165, 1.54) is 29.2 Å². The topological polar surface area (TPSA) is 108 Å². The van der Waals surface area contributed by atoms with Gasteiger partial charge in [-0.3, -0.25) is 10.1 Å². The maximum Gasteiger partial charge on any atom is 0.513 e. The number of amides is 1. The summed E-state index contributed by atoms with van der Waals surface area (Å²) in [7, 11) is 0. The Morgan fingerprint density at radius 3 is 2.67 bits per heavy atom. The van der Waals surface area contributed by atoms with Crippen LogP contribution in [0.1, 0.15) is 0 Å². The molecule has 112 valence electrons. The van der Waals surface area contributed by atoms with Gasteiger partial charge >= 0.3 is 12.2 Å². The van der Waals surface area contributed by atoms with E-state index in [1.807, 2.05) is 0 Å². The second-order valence-electron chi connectivity index (χ2n) is 4.05. The zero-order chi connectivity index (χ0) is 15.2. The first-order chi connectivity index (χ1) is 10.1. The van der Waals surface area contributed by atoms with E-state index in [0.717, 1.165) is 0 Å². The van der Waals surface area contributed by atoms with E-state index in [-0.39, 0.29) is 24.6 Å². The number of cyclic esters (lactones) is 1. The van der Waals surface area contributed by atoms with Crippen molar-refractivity contribution in [1.29, 1.82) is 0 Å². The number of carbonyl (C=O) groups is 2. The summed E-state index contributed by atoms with van der Waals surface area (Å²) in [6, 6.07) is 5.00. The minimum atomic E-state index is -0.948. The number of hydrogen-bond acceptors (Lipinski definition) is 7. The molecule has 1 aromatic carbocycles. The van der Waals surface area contributed by atoms with Crippen LogP contribution in [0.3, 0.4) is 0 Å². The van der Waals surface area contributed by atoms with Gasteiger partial charge in [-0.1, -0.05) is 0 Å². The third-order valence-corrected chi connectivity index (χ3v) is 2.67. The van der Waals surface area contributed by atoms with Crippen LogP contribution in [-0.4, -0.2) is 48.4 Å². The molecule has 2 rings (SSSR count). The molecular weight excluding hydrogens is 284 g/mol. The van der Waals surface area contributed by atoms with Gasteiger partial charge in [0.25, 0.3) is 5.69 Å². The lowest BCUT2D eigenvalue weighted by Crippen LogP contribution is -2.29. The van der Waals surface area contributed by atoms with Crippen LogP contribution in [0.5, 0.6) is 5.75 Å². The summed E-state index contributed by atoms with van der Waals surface area (Å²) in [5.41, 5.74) is -0.108. The maximum atomic E-state index is 11.4. The number of hydrogen-bond donors (Lipinski definition) is 0. The molecule has 21 heavy (non-hydrogen) atoms. The van der Waals surface area contributed by atoms with Crippen molar-refractivity contribution < 1.29 is 28.7 Å². The second kappa shape index (κ2) is 6.55. The molecule has 1 aliphatic rings. The van der Waals surface area contributed by atoms with Crippen molar-refractivity contribution in [3.8, 4) is 5.75 Å². The molecule has 0 bridgehead atoms. The van der Waals surface area contributed by atoms with Gasteiger partial charge in [0.05, 0.1) is 18.0 Å². The molecule has 1 aliphatic heterocycles. The highest BCUT2D eigenvalue weighted by molar-refractivity contribution is 5.69. The van der Waals surface area contributed by atoms with Crippen LogP contribution in [0.4, 0.5) is 15.3 Å². The first kappa shape index (κ1) is 14.6. The molecule has 9 nitrogen and oxygen atoms in total. The molecule has 9 heteroatoms. The van der Waals surface area contributed by atoms with Gasteiger partial charge in [0.1, 0.15) is 19.0 Å². The summed E-state index contributed by atoms with van der Waals surface area (Å²) in [4.78, 5) is 33.8. The van der Waals surface area contributed by atoms with Gasteiger partial charge in [-0.05, 0) is 12.1 Å². The highest BCUT2D eigenvalue weighted by Gasteiger charge is 2.21. The third-order valence-electron chi connectivity index (χ3n) is 2.67. The Kier molecular flexibility index (Phi) is 4.54. The van der Waals surface area contributed by atoms with Crippen molar-refractivity contribution in [1.82, 2.24) is 4.90 Å². The van der Waals surface area contributed by atoms with Gasteiger partial charge < -0.3 is 19.1 Å². The molecule has 1 fully saturated rings. The zero-order valence-corrected chi connectivity index (χ0v) is 10.9. The van der Waals surface area contributed by atoms with E-state index in [4.69, 9.17) is 14.2 Å². The fourth-order valence-corrected chi connectivity index (χ4v) is 1.63. The Morgan fingerprint density at radius 2 is 2.10 bits per heavy atom. The summed E-state index contributed by atoms with van der Waals surface area (Å²) in [6.45, 7) is 0.973. The van der Waals surface area contributed by atoms with Crippen molar-refractivity contribution in [2.45, 2.75) is 0 Å². The standard InChI is InChI=1S/C12H12N2O7/c15-11-13(5-7-19-11)6-8-20-12(16)21-10-3-1-9(2-4-10)14(17)18/h1-4H,5-8H2. The van der Waals surface area contributed by atoms with E-state index in [1.54, 1.807) is 0 Å². The predicted molar refractivity (Wildman–Crippen MR) is 68.0 cm³/mol. The van der Waals surface area contributed by atoms with E-state index in [9.17, 15) is 19.7 Å². The molecule has 0 aliphatic carbocycles. The predicted octanol–water partition coefficient (Wildman–Crippen LogP) is 1.56. The zero-order valence-electron chi connectivity index (χ0n) is 10.9. The lowest BCUT2D eigenvalue weighted by atomic mass is 10.3. The third kappa shape index (κ3) is 4.06. The van der Waals surface area contributed by atoms with Crippen molar-refractivity contribution >= 4 is 17.9 Å². The largest absolute Gasteiger partial charge is 0.513 e. The molecular formula is C12H12N2O7. The van der Waals surface area contributed by atoms with Crippen LogP contribution >= 0.6 is 0 Å². The number of nitrogens with zero attached hydrogens (tertiary/aromatic N) is 2. The molecule has 1 aromatic rings. The average molecular weight is 296 g/mol. The van der Waals surface area contributed by atoms with Crippen LogP contribution in [-0.2, 0) is 9.47 Å². The minimum Gasteiger partial charge on any atom is -0.448 e. The number of nitro benzene ring substituents is 1. The number of nitro groups is 1. The number of non-ortho nitro benzene ring substituents is 1.